The lowest BCUT2D eigenvalue weighted by molar-refractivity contribution is 0.402. The van der Waals surface area contributed by atoms with Crippen molar-refractivity contribution in [3.8, 4) is 11.5 Å². The first kappa shape index (κ1) is 8.38. The number of hydrogen-bond donors (Lipinski definition) is 2. The van der Waals surface area contributed by atoms with Gasteiger partial charge < -0.3 is 15.6 Å². The van der Waals surface area contributed by atoms with Gasteiger partial charge in [-0.1, -0.05) is 6.07 Å². The van der Waals surface area contributed by atoms with Crippen LogP contribution >= 0.6 is 0 Å². The Balaban J connectivity index is 2.34. The second kappa shape index (κ2) is 2.92. The van der Waals surface area contributed by atoms with Crippen molar-refractivity contribution in [3.05, 3.63) is 23.8 Å². The van der Waals surface area contributed by atoms with E-state index < -0.39 is 0 Å². The minimum Gasteiger partial charge on any atom is -0.508 e. The second-order valence-corrected chi connectivity index (χ2v) is 3.43. The number of benzene rings is 1. The Morgan fingerprint density at radius 3 is 2.77 bits per heavy atom. The van der Waals surface area contributed by atoms with E-state index >= 15 is 0 Å². The number of ether oxygens (including phenoxy) is 1. The van der Waals surface area contributed by atoms with Gasteiger partial charge in [0, 0.05) is 18.0 Å². The lowest BCUT2D eigenvalue weighted by Crippen LogP contribution is -2.02. The van der Waals surface area contributed by atoms with Crippen LogP contribution in [0.3, 0.4) is 0 Å². The van der Waals surface area contributed by atoms with E-state index in [1.807, 2.05) is 6.07 Å². The minimum atomic E-state index is 0.231. The van der Waals surface area contributed by atoms with E-state index in [2.05, 4.69) is 0 Å². The molecule has 2 atom stereocenters. The molecular weight excluding hydrogens is 166 g/mol. The van der Waals surface area contributed by atoms with Crippen molar-refractivity contribution in [1.29, 1.82) is 0 Å². The van der Waals surface area contributed by atoms with Crippen molar-refractivity contribution >= 4 is 0 Å². The predicted molar refractivity (Wildman–Crippen MR) is 50.0 cm³/mol. The second-order valence-electron chi connectivity index (χ2n) is 3.43. The van der Waals surface area contributed by atoms with Gasteiger partial charge in [-0.3, -0.25) is 0 Å². The van der Waals surface area contributed by atoms with Crippen molar-refractivity contribution in [1.82, 2.24) is 0 Å². The van der Waals surface area contributed by atoms with Crippen LogP contribution in [-0.2, 0) is 0 Å². The number of aromatic hydroxyl groups is 1. The lowest BCUT2D eigenvalue weighted by Gasteiger charge is -2.07. The van der Waals surface area contributed by atoms with E-state index in [9.17, 15) is 5.11 Å². The quantitative estimate of drug-likeness (QED) is 0.717. The van der Waals surface area contributed by atoms with E-state index in [0.717, 1.165) is 17.7 Å². The summed E-state index contributed by atoms with van der Waals surface area (Å²) in [5.41, 5.74) is 6.85. The Labute approximate surface area is 77.1 Å². The summed E-state index contributed by atoms with van der Waals surface area (Å²) in [5.74, 6) is 1.38. The first-order chi connectivity index (χ1) is 6.22. The highest BCUT2D eigenvalue weighted by atomic mass is 16.5. The minimum absolute atomic E-state index is 0.231. The van der Waals surface area contributed by atoms with E-state index in [4.69, 9.17) is 10.5 Å². The maximum Gasteiger partial charge on any atom is 0.126 e. The topological polar surface area (TPSA) is 55.5 Å². The summed E-state index contributed by atoms with van der Waals surface area (Å²) >= 11 is 0. The molecule has 0 unspecified atom stereocenters. The van der Waals surface area contributed by atoms with Crippen LogP contribution in [0.15, 0.2) is 18.2 Å². The fourth-order valence-electron chi connectivity index (χ4n) is 1.58. The number of rotatable bonds is 2. The van der Waals surface area contributed by atoms with E-state index in [1.165, 1.54) is 0 Å². The third-order valence-electron chi connectivity index (χ3n) is 2.46. The SMILES string of the molecule is COc1cc(O)ccc1[C@@H]1C[C@H]1N. The van der Waals surface area contributed by atoms with Crippen LogP contribution in [0, 0.1) is 0 Å². The summed E-state index contributed by atoms with van der Waals surface area (Å²) in [6, 6.07) is 5.44. The van der Waals surface area contributed by atoms with E-state index in [-0.39, 0.29) is 11.8 Å². The van der Waals surface area contributed by atoms with E-state index in [1.54, 1.807) is 19.2 Å². The van der Waals surface area contributed by atoms with Crippen LogP contribution in [0.1, 0.15) is 17.9 Å². The van der Waals surface area contributed by atoms with Crippen molar-refractivity contribution in [2.45, 2.75) is 18.4 Å². The predicted octanol–water partition coefficient (Wildman–Crippen LogP) is 1.22. The van der Waals surface area contributed by atoms with Gasteiger partial charge in [0.05, 0.1) is 7.11 Å². The highest BCUT2D eigenvalue weighted by Gasteiger charge is 2.36. The molecule has 1 aromatic rings. The Morgan fingerprint density at radius 1 is 1.54 bits per heavy atom. The average Bonchev–Trinajstić information content (AvgIpc) is 2.82. The Hall–Kier alpha value is -1.22. The summed E-state index contributed by atoms with van der Waals surface area (Å²) in [6.45, 7) is 0. The largest absolute Gasteiger partial charge is 0.508 e. The van der Waals surface area contributed by atoms with Crippen molar-refractivity contribution in [3.63, 3.8) is 0 Å². The molecule has 1 saturated carbocycles. The normalized spacial score (nSPS) is 25.7. The molecule has 0 amide bonds. The maximum atomic E-state index is 9.23. The monoisotopic (exact) mass is 179 g/mol. The highest BCUT2D eigenvalue weighted by Crippen LogP contribution is 2.44. The molecule has 13 heavy (non-hydrogen) atoms. The van der Waals surface area contributed by atoms with Crippen LogP contribution in [0.2, 0.25) is 0 Å². The maximum absolute atomic E-state index is 9.23. The first-order valence-corrected chi connectivity index (χ1v) is 4.35. The molecule has 1 aliphatic carbocycles. The third-order valence-corrected chi connectivity index (χ3v) is 2.46. The molecule has 0 radical (unpaired) electrons. The molecule has 70 valence electrons. The van der Waals surface area contributed by atoms with Gasteiger partial charge in [-0.15, -0.1) is 0 Å². The van der Waals surface area contributed by atoms with Gasteiger partial charge >= 0.3 is 0 Å². The van der Waals surface area contributed by atoms with Gasteiger partial charge in [-0.05, 0) is 18.1 Å². The summed E-state index contributed by atoms with van der Waals surface area (Å²) in [4.78, 5) is 0. The summed E-state index contributed by atoms with van der Waals surface area (Å²) in [7, 11) is 1.60. The molecule has 3 heteroatoms. The van der Waals surface area contributed by atoms with Crippen molar-refractivity contribution < 1.29 is 9.84 Å². The zero-order valence-corrected chi connectivity index (χ0v) is 7.53. The number of hydrogen-bond acceptors (Lipinski definition) is 3. The zero-order chi connectivity index (χ0) is 9.42. The van der Waals surface area contributed by atoms with Crippen LogP contribution in [0.25, 0.3) is 0 Å². The van der Waals surface area contributed by atoms with Gasteiger partial charge in [0.15, 0.2) is 0 Å². The molecule has 0 aliphatic heterocycles. The molecule has 0 saturated heterocycles. The number of phenolic OH excluding ortho intramolecular Hbond substituents is 1. The molecule has 0 bridgehead atoms. The Morgan fingerprint density at radius 2 is 2.23 bits per heavy atom. The standard InChI is InChI=1S/C10H13NO2/c1-13-10-4-6(12)2-3-7(10)8-5-9(8)11/h2-4,8-9,12H,5,11H2,1H3/t8-,9+/m0/s1. The third kappa shape index (κ3) is 1.47. The molecule has 2 rings (SSSR count). The van der Waals surface area contributed by atoms with Gasteiger partial charge in [0.25, 0.3) is 0 Å². The number of methoxy groups -OCH3 is 1. The van der Waals surface area contributed by atoms with E-state index in [0.29, 0.717) is 5.92 Å². The molecule has 1 fully saturated rings. The van der Waals surface area contributed by atoms with Gasteiger partial charge in [0.2, 0.25) is 0 Å². The molecule has 3 N–H and O–H groups in total. The summed E-state index contributed by atoms with van der Waals surface area (Å²) in [5, 5.41) is 9.23. The lowest BCUT2D eigenvalue weighted by atomic mass is 10.1. The number of nitrogens with two attached hydrogens (primary N) is 1. The Bertz CT molecular complexity index is 325. The molecule has 0 aromatic heterocycles. The van der Waals surface area contributed by atoms with Gasteiger partial charge in [-0.25, -0.2) is 0 Å². The van der Waals surface area contributed by atoms with Crippen LogP contribution in [0.4, 0.5) is 0 Å². The van der Waals surface area contributed by atoms with Crippen molar-refractivity contribution in [2.24, 2.45) is 5.73 Å². The average molecular weight is 179 g/mol. The van der Waals surface area contributed by atoms with Crippen LogP contribution in [0.5, 0.6) is 11.5 Å². The fraction of sp³-hybridized carbons (Fsp3) is 0.400. The highest BCUT2D eigenvalue weighted by molar-refractivity contribution is 5.45. The summed E-state index contributed by atoms with van der Waals surface area (Å²) in [6.07, 6.45) is 1.02. The molecule has 1 aliphatic rings. The van der Waals surface area contributed by atoms with Crippen molar-refractivity contribution in [2.75, 3.05) is 7.11 Å². The number of phenols is 1. The fourth-order valence-corrected chi connectivity index (χ4v) is 1.58. The smallest absolute Gasteiger partial charge is 0.126 e. The summed E-state index contributed by atoms with van der Waals surface area (Å²) < 4.78 is 5.16. The molecule has 0 heterocycles. The van der Waals surface area contributed by atoms with Gasteiger partial charge in [0.1, 0.15) is 11.5 Å². The molecule has 0 spiro atoms. The van der Waals surface area contributed by atoms with Crippen LogP contribution < -0.4 is 10.5 Å². The zero-order valence-electron chi connectivity index (χ0n) is 7.53. The van der Waals surface area contributed by atoms with Gasteiger partial charge in [-0.2, -0.15) is 0 Å². The molecule has 3 nitrogen and oxygen atoms in total. The Kier molecular flexibility index (Phi) is 1.88. The molecule has 1 aromatic carbocycles. The molecular formula is C10H13NO2. The first-order valence-electron chi connectivity index (χ1n) is 4.35. The van der Waals surface area contributed by atoms with Crippen LogP contribution in [-0.4, -0.2) is 18.3 Å².